The molecule has 0 aliphatic heterocycles. The van der Waals surface area contributed by atoms with Crippen LogP contribution < -0.4 is 0 Å². The van der Waals surface area contributed by atoms with Gasteiger partial charge in [0.2, 0.25) is 0 Å². The van der Waals surface area contributed by atoms with Crippen LogP contribution in [0.3, 0.4) is 0 Å². The lowest BCUT2D eigenvalue weighted by molar-refractivity contribution is -0.390. The highest BCUT2D eigenvalue weighted by atomic mass is 19.4. The number of carbonyl (C=O) groups is 1. The van der Waals surface area contributed by atoms with E-state index in [9.17, 15) is 36.2 Å². The van der Waals surface area contributed by atoms with Gasteiger partial charge in [-0.25, -0.2) is 0 Å². The van der Waals surface area contributed by atoms with Gasteiger partial charge in [-0.05, 0) is 36.0 Å². The number of rotatable bonds is 5. The average Bonchev–Trinajstić information content (AvgIpc) is 2.64. The Labute approximate surface area is 158 Å². The van der Waals surface area contributed by atoms with E-state index in [0.29, 0.717) is 23.6 Å². The fourth-order valence-corrected chi connectivity index (χ4v) is 3.65. The molecule has 0 radical (unpaired) electrons. The van der Waals surface area contributed by atoms with Crippen molar-refractivity contribution in [2.75, 3.05) is 0 Å². The Morgan fingerprint density at radius 2 is 1.61 bits per heavy atom. The summed E-state index contributed by atoms with van der Waals surface area (Å²) in [4.78, 5) is 11.6. The zero-order valence-electron chi connectivity index (χ0n) is 15.3. The minimum Gasteiger partial charge on any atom is -0.373 e. The van der Waals surface area contributed by atoms with Crippen LogP contribution in [-0.2, 0) is 11.2 Å². The maximum atomic E-state index is 13.4. The van der Waals surface area contributed by atoms with Crippen LogP contribution in [0.15, 0.2) is 42.0 Å². The smallest absolute Gasteiger partial charge is 0.373 e. The minimum absolute atomic E-state index is 0.124. The number of alkyl halides is 6. The monoisotopic (exact) mass is 406 g/mol. The topological polar surface area (TPSA) is 37.3 Å². The van der Waals surface area contributed by atoms with Crippen LogP contribution in [0, 0.1) is 5.41 Å². The molecule has 1 aliphatic rings. The highest BCUT2D eigenvalue weighted by Gasteiger charge is 2.79. The quantitative estimate of drug-likeness (QED) is 0.524. The van der Waals surface area contributed by atoms with E-state index in [0.717, 1.165) is 11.6 Å². The predicted octanol–water partition coefficient (Wildman–Crippen LogP) is 5.41. The summed E-state index contributed by atoms with van der Waals surface area (Å²) in [6, 6.07) is 7.03. The molecule has 1 aromatic rings. The van der Waals surface area contributed by atoms with Gasteiger partial charge >= 0.3 is 12.4 Å². The standard InChI is InChI=1S/C20H20F6O2/c1-3-13-7-5-6-8-15(13)16-9-10-17(12-27,11-14(16)4-2)18(28,19(21,22)23)20(24,25)26/h5-10,12,28H,3-4,11H2,1-2H3. The van der Waals surface area contributed by atoms with Crippen molar-refractivity contribution in [3.05, 3.63) is 53.1 Å². The van der Waals surface area contributed by atoms with E-state index in [4.69, 9.17) is 0 Å². The van der Waals surface area contributed by atoms with Gasteiger partial charge in [0.15, 0.2) is 0 Å². The number of hydrogen-bond donors (Lipinski definition) is 1. The second kappa shape index (κ2) is 7.39. The largest absolute Gasteiger partial charge is 0.427 e. The van der Waals surface area contributed by atoms with Gasteiger partial charge in [-0.1, -0.05) is 55.8 Å². The number of carbonyl (C=O) groups excluding carboxylic acids is 1. The molecule has 154 valence electrons. The van der Waals surface area contributed by atoms with E-state index in [1.807, 2.05) is 13.0 Å². The van der Waals surface area contributed by atoms with Crippen LogP contribution in [0.4, 0.5) is 26.3 Å². The summed E-state index contributed by atoms with van der Waals surface area (Å²) in [6.45, 7) is 3.46. The third-order valence-electron chi connectivity index (χ3n) is 5.25. The molecule has 0 spiro atoms. The number of allylic oxidation sites excluding steroid dienone is 3. The molecule has 2 rings (SSSR count). The Bertz CT molecular complexity index is 790. The molecule has 1 aromatic carbocycles. The summed E-state index contributed by atoms with van der Waals surface area (Å²) in [5.41, 5.74) is -6.12. The lowest BCUT2D eigenvalue weighted by Crippen LogP contribution is -2.67. The number of aryl methyl sites for hydroxylation is 1. The third kappa shape index (κ3) is 3.27. The number of aliphatic hydroxyl groups is 1. The fourth-order valence-electron chi connectivity index (χ4n) is 3.65. The molecule has 8 heteroatoms. The lowest BCUT2D eigenvalue weighted by Gasteiger charge is -2.45. The molecule has 0 saturated heterocycles. The van der Waals surface area contributed by atoms with Gasteiger partial charge in [-0.3, -0.25) is 0 Å². The Kier molecular flexibility index (Phi) is 5.86. The van der Waals surface area contributed by atoms with Gasteiger partial charge in [0.25, 0.3) is 5.60 Å². The molecule has 1 atom stereocenters. The van der Waals surface area contributed by atoms with Crippen molar-refractivity contribution in [1.82, 2.24) is 0 Å². The molecule has 0 fully saturated rings. The van der Waals surface area contributed by atoms with Crippen LogP contribution >= 0.6 is 0 Å². The first-order valence-electron chi connectivity index (χ1n) is 8.70. The molecule has 1 unspecified atom stereocenters. The first-order chi connectivity index (χ1) is 12.9. The van der Waals surface area contributed by atoms with Crippen molar-refractivity contribution in [2.24, 2.45) is 5.41 Å². The molecule has 1 N–H and O–H groups in total. The molecule has 0 aromatic heterocycles. The van der Waals surface area contributed by atoms with Crippen LogP contribution in [-0.4, -0.2) is 29.3 Å². The number of aldehydes is 1. The summed E-state index contributed by atoms with van der Waals surface area (Å²) in [6.07, 6.45) is -11.1. The fraction of sp³-hybridized carbons (Fsp3) is 0.450. The Hall–Kier alpha value is -2.09. The average molecular weight is 406 g/mol. The maximum Gasteiger partial charge on any atom is 0.427 e. The molecule has 0 amide bonds. The van der Waals surface area contributed by atoms with Crippen LogP contribution in [0.1, 0.15) is 37.8 Å². The third-order valence-corrected chi connectivity index (χ3v) is 5.25. The first kappa shape index (κ1) is 22.2. The van der Waals surface area contributed by atoms with Gasteiger partial charge in [0.05, 0.1) is 5.41 Å². The normalized spacial score (nSPS) is 21.2. The Morgan fingerprint density at radius 1 is 1.04 bits per heavy atom. The summed E-state index contributed by atoms with van der Waals surface area (Å²) in [7, 11) is 0. The van der Waals surface area contributed by atoms with E-state index in [-0.39, 0.29) is 12.0 Å². The van der Waals surface area contributed by atoms with E-state index in [1.54, 1.807) is 25.1 Å². The van der Waals surface area contributed by atoms with Gasteiger partial charge < -0.3 is 9.90 Å². The first-order valence-corrected chi connectivity index (χ1v) is 8.70. The summed E-state index contributed by atoms with van der Waals surface area (Å²) in [5.74, 6) is 0. The van der Waals surface area contributed by atoms with Gasteiger partial charge in [0, 0.05) is 0 Å². The molecule has 0 saturated carbocycles. The van der Waals surface area contributed by atoms with Crippen molar-refractivity contribution in [1.29, 1.82) is 0 Å². The van der Waals surface area contributed by atoms with E-state index >= 15 is 0 Å². The van der Waals surface area contributed by atoms with Crippen molar-refractivity contribution in [3.8, 4) is 0 Å². The van der Waals surface area contributed by atoms with Crippen molar-refractivity contribution < 1.29 is 36.2 Å². The second-order valence-electron chi connectivity index (χ2n) is 6.76. The van der Waals surface area contributed by atoms with Crippen molar-refractivity contribution in [2.45, 2.75) is 51.1 Å². The summed E-state index contributed by atoms with van der Waals surface area (Å²) < 4.78 is 80.4. The number of hydrogen-bond acceptors (Lipinski definition) is 2. The van der Waals surface area contributed by atoms with Crippen molar-refractivity contribution >= 4 is 11.9 Å². The zero-order valence-corrected chi connectivity index (χ0v) is 15.3. The summed E-state index contributed by atoms with van der Waals surface area (Å²) in [5, 5.41) is 9.88. The molecule has 1 aliphatic carbocycles. The van der Waals surface area contributed by atoms with Crippen LogP contribution in [0.2, 0.25) is 0 Å². The lowest BCUT2D eigenvalue weighted by atomic mass is 9.64. The van der Waals surface area contributed by atoms with E-state index < -0.39 is 36.1 Å². The highest BCUT2D eigenvalue weighted by Crippen LogP contribution is 2.57. The molecule has 2 nitrogen and oxygen atoms in total. The van der Waals surface area contributed by atoms with Gasteiger partial charge in [-0.15, -0.1) is 0 Å². The molecular weight excluding hydrogens is 386 g/mol. The van der Waals surface area contributed by atoms with E-state index in [1.165, 1.54) is 0 Å². The minimum atomic E-state index is -6.09. The molecule has 0 bridgehead atoms. The summed E-state index contributed by atoms with van der Waals surface area (Å²) >= 11 is 0. The second-order valence-corrected chi connectivity index (χ2v) is 6.76. The molecular formula is C20H20F6O2. The number of halogens is 6. The van der Waals surface area contributed by atoms with E-state index in [2.05, 4.69) is 0 Å². The molecule has 28 heavy (non-hydrogen) atoms. The van der Waals surface area contributed by atoms with Gasteiger partial charge in [-0.2, -0.15) is 26.3 Å². The Morgan fingerprint density at radius 3 is 2.07 bits per heavy atom. The van der Waals surface area contributed by atoms with Crippen LogP contribution in [0.25, 0.3) is 5.57 Å². The zero-order chi connectivity index (χ0) is 21.4. The molecule has 0 heterocycles. The van der Waals surface area contributed by atoms with Gasteiger partial charge in [0.1, 0.15) is 6.29 Å². The SMILES string of the molecule is CCC1=C(c2ccccc2CC)C=CC(C=O)(C(O)(C(F)(F)F)C(F)(F)F)C1. The van der Waals surface area contributed by atoms with Crippen LogP contribution in [0.5, 0.6) is 0 Å². The number of benzene rings is 1. The predicted molar refractivity (Wildman–Crippen MR) is 92.3 cm³/mol. The van der Waals surface area contributed by atoms with Crippen molar-refractivity contribution in [3.63, 3.8) is 0 Å². The highest BCUT2D eigenvalue weighted by molar-refractivity contribution is 5.83. The maximum absolute atomic E-state index is 13.4. The Balaban J connectivity index is 2.69.